The molecule has 1 aromatic heterocycles. The molecule has 18 heavy (non-hydrogen) atoms. The second-order valence-electron chi connectivity index (χ2n) is 4.63. The molecular formula is C12H15ClN2O3. The molecule has 2 N–H and O–H groups in total. The lowest BCUT2D eigenvalue weighted by atomic mass is 10.2. The van der Waals surface area contributed by atoms with Crippen LogP contribution in [0.3, 0.4) is 0 Å². The van der Waals surface area contributed by atoms with Gasteiger partial charge in [-0.2, -0.15) is 0 Å². The van der Waals surface area contributed by atoms with Crippen LogP contribution in [0.4, 0.5) is 0 Å². The smallest absolute Gasteiger partial charge is 0.308 e. The Bertz CT molecular complexity index is 480. The number of hydrogen-bond acceptors (Lipinski definition) is 2. The number of carboxylic acid groups (broad SMARTS) is 1. The van der Waals surface area contributed by atoms with Crippen molar-refractivity contribution >= 4 is 23.5 Å². The van der Waals surface area contributed by atoms with E-state index in [2.05, 4.69) is 5.32 Å². The van der Waals surface area contributed by atoms with E-state index in [9.17, 15) is 9.59 Å². The molecule has 1 aliphatic rings. The molecule has 0 spiro atoms. The van der Waals surface area contributed by atoms with Gasteiger partial charge < -0.3 is 15.0 Å². The highest BCUT2D eigenvalue weighted by atomic mass is 35.5. The van der Waals surface area contributed by atoms with Crippen LogP contribution in [-0.2, 0) is 4.79 Å². The molecule has 5 nitrogen and oxygen atoms in total. The van der Waals surface area contributed by atoms with E-state index in [-0.39, 0.29) is 12.5 Å². The lowest BCUT2D eigenvalue weighted by molar-refractivity contribution is -0.140. The molecule has 0 saturated heterocycles. The summed E-state index contributed by atoms with van der Waals surface area (Å²) >= 11 is 5.90. The van der Waals surface area contributed by atoms with Crippen molar-refractivity contribution in [1.29, 1.82) is 0 Å². The summed E-state index contributed by atoms with van der Waals surface area (Å²) in [6.45, 7) is 1.66. The minimum Gasteiger partial charge on any atom is -0.481 e. The van der Waals surface area contributed by atoms with Crippen molar-refractivity contribution < 1.29 is 14.7 Å². The summed E-state index contributed by atoms with van der Waals surface area (Å²) in [6.07, 6.45) is 3.85. The Hall–Kier alpha value is -1.49. The summed E-state index contributed by atoms with van der Waals surface area (Å²) in [5.74, 6) is -1.80. The average molecular weight is 271 g/mol. The predicted octanol–water partition coefficient (Wildman–Crippen LogP) is 1.93. The van der Waals surface area contributed by atoms with E-state index in [1.807, 2.05) is 4.57 Å². The van der Waals surface area contributed by atoms with Crippen LogP contribution in [0.2, 0.25) is 5.02 Å². The summed E-state index contributed by atoms with van der Waals surface area (Å²) in [7, 11) is 0. The van der Waals surface area contributed by atoms with Crippen molar-refractivity contribution in [2.75, 3.05) is 6.54 Å². The Morgan fingerprint density at radius 3 is 2.83 bits per heavy atom. The normalized spacial score (nSPS) is 16.3. The van der Waals surface area contributed by atoms with Gasteiger partial charge in [-0.1, -0.05) is 18.5 Å². The van der Waals surface area contributed by atoms with Gasteiger partial charge in [0.15, 0.2) is 0 Å². The number of carboxylic acids is 1. The zero-order valence-corrected chi connectivity index (χ0v) is 10.8. The predicted molar refractivity (Wildman–Crippen MR) is 66.8 cm³/mol. The second kappa shape index (κ2) is 5.02. The van der Waals surface area contributed by atoms with Crippen molar-refractivity contribution in [3.05, 3.63) is 23.0 Å². The van der Waals surface area contributed by atoms with Crippen LogP contribution < -0.4 is 5.32 Å². The van der Waals surface area contributed by atoms with Gasteiger partial charge >= 0.3 is 5.97 Å². The minimum atomic E-state index is -0.925. The molecular weight excluding hydrogens is 256 g/mol. The summed E-state index contributed by atoms with van der Waals surface area (Å²) < 4.78 is 1.86. The van der Waals surface area contributed by atoms with Crippen molar-refractivity contribution in [3.8, 4) is 0 Å². The number of rotatable bonds is 5. The quantitative estimate of drug-likeness (QED) is 0.859. The highest BCUT2D eigenvalue weighted by molar-refractivity contribution is 6.31. The maximum atomic E-state index is 12.0. The molecule has 1 fully saturated rings. The number of amides is 1. The molecule has 98 valence electrons. The first-order valence-electron chi connectivity index (χ1n) is 5.87. The molecule has 1 amide bonds. The van der Waals surface area contributed by atoms with Gasteiger partial charge in [0.1, 0.15) is 5.69 Å². The number of carbonyl (C=O) groups is 2. The largest absolute Gasteiger partial charge is 0.481 e. The van der Waals surface area contributed by atoms with Crippen LogP contribution in [-0.4, -0.2) is 28.1 Å². The van der Waals surface area contributed by atoms with Crippen LogP contribution >= 0.6 is 11.6 Å². The molecule has 1 aromatic rings. The van der Waals surface area contributed by atoms with Crippen molar-refractivity contribution in [3.63, 3.8) is 0 Å². The molecule has 1 aliphatic carbocycles. The maximum Gasteiger partial charge on any atom is 0.308 e. The first kappa shape index (κ1) is 13.0. The van der Waals surface area contributed by atoms with Crippen LogP contribution in [0.15, 0.2) is 12.3 Å². The first-order chi connectivity index (χ1) is 8.49. The SMILES string of the molecule is CC(CNC(=O)c1cc(Cl)cn1C1CC1)C(=O)O. The highest BCUT2D eigenvalue weighted by Gasteiger charge is 2.28. The topological polar surface area (TPSA) is 71.3 Å². The number of aliphatic carboxylic acids is 1. The van der Waals surface area contributed by atoms with Crippen molar-refractivity contribution in [1.82, 2.24) is 9.88 Å². The summed E-state index contributed by atoms with van der Waals surface area (Å²) in [6, 6.07) is 1.97. The van der Waals surface area contributed by atoms with Crippen molar-refractivity contribution in [2.24, 2.45) is 5.92 Å². The van der Waals surface area contributed by atoms with Gasteiger partial charge in [0.2, 0.25) is 0 Å². The van der Waals surface area contributed by atoms with E-state index in [1.165, 1.54) is 0 Å². The third-order valence-electron chi connectivity index (χ3n) is 2.98. The summed E-state index contributed by atoms with van der Waals surface area (Å²) in [5.41, 5.74) is 0.500. The Balaban J connectivity index is 2.02. The van der Waals surface area contributed by atoms with Gasteiger partial charge in [0, 0.05) is 18.8 Å². The van der Waals surface area contributed by atoms with Gasteiger partial charge in [0.05, 0.1) is 10.9 Å². The van der Waals surface area contributed by atoms with E-state index in [4.69, 9.17) is 16.7 Å². The van der Waals surface area contributed by atoms with Crippen molar-refractivity contribution in [2.45, 2.75) is 25.8 Å². The molecule has 6 heteroatoms. The number of nitrogens with one attached hydrogen (secondary N) is 1. The Morgan fingerprint density at radius 2 is 2.28 bits per heavy atom. The molecule has 1 saturated carbocycles. The zero-order valence-electron chi connectivity index (χ0n) is 10.0. The fraction of sp³-hybridized carbons (Fsp3) is 0.500. The Labute approximate surface area is 110 Å². The van der Waals surface area contributed by atoms with Crippen LogP contribution in [0.25, 0.3) is 0 Å². The molecule has 1 unspecified atom stereocenters. The van der Waals surface area contributed by atoms with Gasteiger partial charge in [0.25, 0.3) is 5.91 Å². The number of nitrogens with zero attached hydrogens (tertiary/aromatic N) is 1. The van der Waals surface area contributed by atoms with Crippen LogP contribution in [0, 0.1) is 5.92 Å². The van der Waals surface area contributed by atoms with Gasteiger partial charge in [-0.05, 0) is 18.9 Å². The molecule has 1 heterocycles. The van der Waals surface area contributed by atoms with E-state index < -0.39 is 11.9 Å². The number of aromatic nitrogens is 1. The molecule has 0 bridgehead atoms. The first-order valence-corrected chi connectivity index (χ1v) is 6.25. The minimum absolute atomic E-state index is 0.113. The summed E-state index contributed by atoms with van der Waals surface area (Å²) in [4.78, 5) is 22.6. The van der Waals surface area contributed by atoms with Gasteiger partial charge in [-0.25, -0.2) is 0 Å². The van der Waals surface area contributed by atoms with E-state index in [0.29, 0.717) is 16.8 Å². The third-order valence-corrected chi connectivity index (χ3v) is 3.19. The van der Waals surface area contributed by atoms with Crippen LogP contribution in [0.5, 0.6) is 0 Å². The fourth-order valence-corrected chi connectivity index (χ4v) is 1.91. The molecule has 0 aromatic carbocycles. The van der Waals surface area contributed by atoms with Gasteiger partial charge in [-0.15, -0.1) is 0 Å². The number of carbonyl (C=O) groups excluding carboxylic acids is 1. The fourth-order valence-electron chi connectivity index (χ4n) is 1.71. The lowest BCUT2D eigenvalue weighted by Gasteiger charge is -2.10. The highest BCUT2D eigenvalue weighted by Crippen LogP contribution is 2.37. The molecule has 1 atom stereocenters. The van der Waals surface area contributed by atoms with Crippen LogP contribution in [0.1, 0.15) is 36.3 Å². The zero-order chi connectivity index (χ0) is 13.3. The molecule has 2 rings (SSSR count). The van der Waals surface area contributed by atoms with E-state index in [1.54, 1.807) is 19.2 Å². The van der Waals surface area contributed by atoms with E-state index in [0.717, 1.165) is 12.8 Å². The Morgan fingerprint density at radius 1 is 1.61 bits per heavy atom. The number of hydrogen-bond donors (Lipinski definition) is 2. The van der Waals surface area contributed by atoms with E-state index >= 15 is 0 Å². The Kier molecular flexibility index (Phi) is 3.61. The monoisotopic (exact) mass is 270 g/mol. The second-order valence-corrected chi connectivity index (χ2v) is 5.07. The maximum absolute atomic E-state index is 12.0. The third kappa shape index (κ3) is 2.85. The molecule has 0 radical (unpaired) electrons. The number of halogens is 1. The lowest BCUT2D eigenvalue weighted by Crippen LogP contribution is -2.32. The standard InChI is InChI=1S/C12H15ClN2O3/c1-7(12(17)18)5-14-11(16)10-4-8(13)6-15(10)9-2-3-9/h4,6-7,9H,2-3,5H2,1H3,(H,14,16)(H,17,18). The molecule has 0 aliphatic heterocycles. The van der Waals surface area contributed by atoms with Gasteiger partial charge in [-0.3, -0.25) is 9.59 Å². The summed E-state index contributed by atoms with van der Waals surface area (Å²) in [5, 5.41) is 11.9. The average Bonchev–Trinajstić information content (AvgIpc) is 3.08.